The van der Waals surface area contributed by atoms with Crippen LogP contribution in [0.3, 0.4) is 0 Å². The minimum Gasteiger partial charge on any atom is -0.288 e. The molecule has 1 aliphatic rings. The fourth-order valence-corrected chi connectivity index (χ4v) is 4.85. The van der Waals surface area contributed by atoms with E-state index in [1.54, 1.807) is 11.3 Å². The van der Waals surface area contributed by atoms with E-state index in [4.69, 9.17) is 0 Å². The first-order valence-electron chi connectivity index (χ1n) is 7.11. The molecule has 0 saturated carbocycles. The van der Waals surface area contributed by atoms with Crippen molar-refractivity contribution in [2.45, 2.75) is 31.9 Å². The molecule has 0 atom stereocenters. The van der Waals surface area contributed by atoms with Crippen LogP contribution >= 0.6 is 23.1 Å². The second-order valence-corrected chi connectivity index (χ2v) is 7.38. The van der Waals surface area contributed by atoms with Gasteiger partial charge in [-0.15, -0.1) is 11.3 Å². The Morgan fingerprint density at radius 3 is 2.75 bits per heavy atom. The van der Waals surface area contributed by atoms with Gasteiger partial charge in [0.2, 0.25) is 5.78 Å². The van der Waals surface area contributed by atoms with Crippen molar-refractivity contribution in [3.63, 3.8) is 0 Å². The fraction of sp³-hybridized carbons (Fsp3) is 0.353. The lowest BCUT2D eigenvalue weighted by Gasteiger charge is -2.08. The van der Waals surface area contributed by atoms with E-state index >= 15 is 0 Å². The number of thiophene rings is 1. The predicted octanol–water partition coefficient (Wildman–Crippen LogP) is 4.72. The second-order valence-electron chi connectivity index (χ2n) is 5.14. The first-order valence-corrected chi connectivity index (χ1v) is 9.08. The first kappa shape index (κ1) is 13.9. The van der Waals surface area contributed by atoms with Gasteiger partial charge in [-0.25, -0.2) is 0 Å². The maximum absolute atomic E-state index is 12.5. The van der Waals surface area contributed by atoms with Crippen LogP contribution in [0.15, 0.2) is 30.3 Å². The van der Waals surface area contributed by atoms with Crippen LogP contribution in [-0.4, -0.2) is 11.5 Å². The van der Waals surface area contributed by atoms with Gasteiger partial charge in [0.25, 0.3) is 0 Å². The Balaban J connectivity index is 1.82. The standard InChI is InChI=1S/C17H18OS2/c1-2-3-12-4-6-13(7-5-12)17(18)16-10-14-11-19-9-8-15(14)20-16/h4-7,10H,2-3,8-9,11H2,1H3. The van der Waals surface area contributed by atoms with E-state index < -0.39 is 0 Å². The molecule has 1 nitrogen and oxygen atoms in total. The molecule has 0 saturated heterocycles. The van der Waals surface area contributed by atoms with Crippen molar-refractivity contribution in [1.82, 2.24) is 0 Å². The van der Waals surface area contributed by atoms with Crippen molar-refractivity contribution in [2.24, 2.45) is 0 Å². The van der Waals surface area contributed by atoms with Gasteiger partial charge in [-0.3, -0.25) is 4.79 Å². The third-order valence-corrected chi connectivity index (χ3v) is 5.85. The number of carbonyl (C=O) groups excluding carboxylic acids is 1. The van der Waals surface area contributed by atoms with Crippen molar-refractivity contribution < 1.29 is 4.79 Å². The van der Waals surface area contributed by atoms with Gasteiger partial charge in [-0.05, 0) is 35.8 Å². The van der Waals surface area contributed by atoms with Gasteiger partial charge >= 0.3 is 0 Å². The van der Waals surface area contributed by atoms with E-state index in [0.717, 1.165) is 35.5 Å². The van der Waals surface area contributed by atoms with Crippen LogP contribution in [0.5, 0.6) is 0 Å². The summed E-state index contributed by atoms with van der Waals surface area (Å²) in [5.41, 5.74) is 3.50. The second kappa shape index (κ2) is 6.15. The Morgan fingerprint density at radius 2 is 2.05 bits per heavy atom. The van der Waals surface area contributed by atoms with Crippen LogP contribution in [0.2, 0.25) is 0 Å². The van der Waals surface area contributed by atoms with Crippen molar-refractivity contribution in [3.8, 4) is 0 Å². The number of aryl methyl sites for hydroxylation is 2. The summed E-state index contributed by atoms with van der Waals surface area (Å²) < 4.78 is 0. The van der Waals surface area contributed by atoms with E-state index in [0.29, 0.717) is 0 Å². The van der Waals surface area contributed by atoms with Gasteiger partial charge in [0.1, 0.15) is 0 Å². The summed E-state index contributed by atoms with van der Waals surface area (Å²) in [6.07, 6.45) is 3.34. The molecule has 0 N–H and O–H groups in total. The molecule has 1 aromatic carbocycles. The predicted molar refractivity (Wildman–Crippen MR) is 88.1 cm³/mol. The summed E-state index contributed by atoms with van der Waals surface area (Å²) in [4.78, 5) is 14.9. The highest BCUT2D eigenvalue weighted by molar-refractivity contribution is 7.98. The average Bonchev–Trinajstić information content (AvgIpc) is 2.91. The number of benzene rings is 1. The summed E-state index contributed by atoms with van der Waals surface area (Å²) in [6, 6.07) is 10.2. The fourth-order valence-electron chi connectivity index (χ4n) is 2.51. The minimum absolute atomic E-state index is 0.178. The van der Waals surface area contributed by atoms with Crippen molar-refractivity contribution in [1.29, 1.82) is 0 Å². The Kier molecular flexibility index (Phi) is 4.27. The first-order chi connectivity index (χ1) is 9.78. The van der Waals surface area contributed by atoms with Crippen molar-refractivity contribution in [3.05, 3.63) is 56.8 Å². The molecule has 0 unspecified atom stereocenters. The molecule has 20 heavy (non-hydrogen) atoms. The van der Waals surface area contributed by atoms with Crippen LogP contribution < -0.4 is 0 Å². The third kappa shape index (κ3) is 2.84. The summed E-state index contributed by atoms with van der Waals surface area (Å²) in [5.74, 6) is 2.43. The maximum atomic E-state index is 12.5. The number of hydrogen-bond acceptors (Lipinski definition) is 3. The molecule has 0 fully saturated rings. The highest BCUT2D eigenvalue weighted by Crippen LogP contribution is 2.32. The van der Waals surface area contributed by atoms with Gasteiger partial charge in [-0.1, -0.05) is 37.6 Å². The number of fused-ring (bicyclic) bond motifs is 1. The van der Waals surface area contributed by atoms with E-state index in [2.05, 4.69) is 25.1 Å². The van der Waals surface area contributed by atoms with Crippen molar-refractivity contribution in [2.75, 3.05) is 5.75 Å². The lowest BCUT2D eigenvalue weighted by Crippen LogP contribution is -1.98. The van der Waals surface area contributed by atoms with Crippen LogP contribution in [0.4, 0.5) is 0 Å². The SMILES string of the molecule is CCCc1ccc(C(=O)c2cc3c(s2)CCSC3)cc1. The third-order valence-electron chi connectivity index (χ3n) is 3.61. The molecule has 0 amide bonds. The van der Waals surface area contributed by atoms with Gasteiger partial charge in [-0.2, -0.15) is 11.8 Å². The van der Waals surface area contributed by atoms with Gasteiger partial charge in [0, 0.05) is 16.2 Å². The molecular formula is C17H18OS2. The van der Waals surface area contributed by atoms with Crippen LogP contribution in [0.25, 0.3) is 0 Å². The van der Waals surface area contributed by atoms with E-state index in [-0.39, 0.29) is 5.78 Å². The van der Waals surface area contributed by atoms with Crippen LogP contribution in [0, 0.1) is 0 Å². The number of carbonyl (C=O) groups is 1. The molecule has 3 heteroatoms. The molecule has 0 radical (unpaired) electrons. The van der Waals surface area contributed by atoms with E-state index in [9.17, 15) is 4.79 Å². The van der Waals surface area contributed by atoms with Gasteiger partial charge < -0.3 is 0 Å². The highest BCUT2D eigenvalue weighted by atomic mass is 32.2. The van der Waals surface area contributed by atoms with Crippen LogP contribution in [-0.2, 0) is 18.6 Å². The molecule has 0 spiro atoms. The smallest absolute Gasteiger partial charge is 0.202 e. The molecule has 2 heterocycles. The number of ketones is 1. The highest BCUT2D eigenvalue weighted by Gasteiger charge is 2.18. The maximum Gasteiger partial charge on any atom is 0.202 e. The zero-order valence-electron chi connectivity index (χ0n) is 11.6. The molecule has 1 aliphatic heterocycles. The van der Waals surface area contributed by atoms with Gasteiger partial charge in [0.15, 0.2) is 0 Å². The Bertz CT molecular complexity index is 587. The van der Waals surface area contributed by atoms with Crippen LogP contribution in [0.1, 0.15) is 44.6 Å². The molecule has 0 aliphatic carbocycles. The lowest BCUT2D eigenvalue weighted by atomic mass is 10.0. The molecule has 2 aromatic rings. The lowest BCUT2D eigenvalue weighted by molar-refractivity contribution is 0.104. The zero-order chi connectivity index (χ0) is 13.9. The van der Waals surface area contributed by atoms with E-state index in [1.165, 1.54) is 21.8 Å². The molecule has 1 aromatic heterocycles. The largest absolute Gasteiger partial charge is 0.288 e. The van der Waals surface area contributed by atoms with Gasteiger partial charge in [0.05, 0.1) is 4.88 Å². The normalized spacial score (nSPS) is 14.1. The summed E-state index contributed by atoms with van der Waals surface area (Å²) >= 11 is 3.65. The molecule has 0 bridgehead atoms. The molecule has 104 valence electrons. The summed E-state index contributed by atoms with van der Waals surface area (Å²) in [6.45, 7) is 2.17. The number of thioether (sulfide) groups is 1. The Morgan fingerprint density at radius 1 is 1.25 bits per heavy atom. The molecular weight excluding hydrogens is 284 g/mol. The zero-order valence-corrected chi connectivity index (χ0v) is 13.3. The topological polar surface area (TPSA) is 17.1 Å². The van der Waals surface area contributed by atoms with Crippen molar-refractivity contribution >= 4 is 28.9 Å². The average molecular weight is 302 g/mol. The monoisotopic (exact) mass is 302 g/mol. The molecule has 3 rings (SSSR count). The Labute approximate surface area is 128 Å². The minimum atomic E-state index is 0.178. The van der Waals surface area contributed by atoms with E-state index in [1.807, 2.05) is 23.9 Å². The summed E-state index contributed by atoms with van der Waals surface area (Å²) in [7, 11) is 0. The quantitative estimate of drug-likeness (QED) is 0.760. The Hall–Kier alpha value is -1.06. The summed E-state index contributed by atoms with van der Waals surface area (Å²) in [5, 5.41) is 0. The number of hydrogen-bond donors (Lipinski definition) is 0. The number of rotatable bonds is 4.